The lowest BCUT2D eigenvalue weighted by atomic mass is 10.1. The molecule has 1 heterocycles. The number of nitrogens with zero attached hydrogens (tertiary/aromatic N) is 2. The summed E-state index contributed by atoms with van der Waals surface area (Å²) in [5.74, 6) is -0.430. The van der Waals surface area contributed by atoms with E-state index in [0.717, 1.165) is 17.7 Å². The Labute approximate surface area is 170 Å². The van der Waals surface area contributed by atoms with Crippen LogP contribution < -0.4 is 9.64 Å². The lowest BCUT2D eigenvalue weighted by molar-refractivity contribution is -0.143. The Balaban J connectivity index is 1.64. The van der Waals surface area contributed by atoms with Gasteiger partial charge in [0.05, 0.1) is 6.61 Å². The summed E-state index contributed by atoms with van der Waals surface area (Å²) < 4.78 is 10.5. The Kier molecular flexibility index (Phi) is 6.30. The minimum absolute atomic E-state index is 0.00608. The van der Waals surface area contributed by atoms with Crippen LogP contribution in [0.2, 0.25) is 0 Å². The fourth-order valence-corrected chi connectivity index (χ4v) is 3.35. The first-order chi connectivity index (χ1) is 14.0. The molecule has 1 atom stereocenters. The molecule has 0 bridgehead atoms. The third-order valence-corrected chi connectivity index (χ3v) is 4.65. The second-order valence-electron chi connectivity index (χ2n) is 6.69. The van der Waals surface area contributed by atoms with Crippen molar-refractivity contribution in [3.8, 4) is 11.8 Å². The second-order valence-corrected chi connectivity index (χ2v) is 6.69. The average molecular weight is 390 g/mol. The molecule has 0 fully saturated rings. The summed E-state index contributed by atoms with van der Waals surface area (Å²) in [5.41, 5.74) is 2.42. The summed E-state index contributed by atoms with van der Waals surface area (Å²) in [6, 6.07) is 16.5. The first-order valence-electron chi connectivity index (χ1n) is 9.45. The Hall–Kier alpha value is -3.59. The topological polar surface area (TPSA) is 79.6 Å². The normalized spacial score (nSPS) is 15.4. The quantitative estimate of drug-likeness (QED) is 0.428. The molecule has 0 spiro atoms. The van der Waals surface area contributed by atoms with Gasteiger partial charge in [0.2, 0.25) is 0 Å². The molecule has 29 heavy (non-hydrogen) atoms. The van der Waals surface area contributed by atoms with E-state index in [1.165, 1.54) is 6.08 Å². The van der Waals surface area contributed by atoms with Gasteiger partial charge in [0, 0.05) is 11.7 Å². The van der Waals surface area contributed by atoms with Crippen LogP contribution in [0.4, 0.5) is 5.69 Å². The highest BCUT2D eigenvalue weighted by atomic mass is 16.5. The van der Waals surface area contributed by atoms with Crippen LogP contribution >= 0.6 is 0 Å². The van der Waals surface area contributed by atoms with Gasteiger partial charge in [-0.15, -0.1) is 0 Å². The van der Waals surface area contributed by atoms with Crippen LogP contribution in [0.5, 0.6) is 5.75 Å². The number of amides is 1. The Morgan fingerprint density at radius 2 is 1.93 bits per heavy atom. The number of rotatable bonds is 6. The maximum Gasteiger partial charge on any atom is 0.349 e. The van der Waals surface area contributed by atoms with Crippen molar-refractivity contribution in [2.45, 2.75) is 26.3 Å². The number of hydrogen-bond acceptors (Lipinski definition) is 5. The van der Waals surface area contributed by atoms with Gasteiger partial charge in [-0.2, -0.15) is 5.26 Å². The molecule has 1 aliphatic heterocycles. The van der Waals surface area contributed by atoms with Crippen LogP contribution in [0.15, 0.2) is 54.1 Å². The highest BCUT2D eigenvalue weighted by Gasteiger charge is 2.31. The van der Waals surface area contributed by atoms with Gasteiger partial charge in [-0.05, 0) is 55.7 Å². The van der Waals surface area contributed by atoms with E-state index in [1.807, 2.05) is 44.2 Å². The number of hydrogen-bond donors (Lipinski definition) is 0. The molecule has 0 radical (unpaired) electrons. The van der Waals surface area contributed by atoms with Crippen molar-refractivity contribution in [3.63, 3.8) is 0 Å². The summed E-state index contributed by atoms with van der Waals surface area (Å²) >= 11 is 0. The molecule has 6 nitrogen and oxygen atoms in total. The number of nitriles is 1. The lowest BCUT2D eigenvalue weighted by Crippen LogP contribution is -2.38. The lowest BCUT2D eigenvalue weighted by Gasteiger charge is -2.22. The number of esters is 1. The van der Waals surface area contributed by atoms with E-state index in [4.69, 9.17) is 9.47 Å². The van der Waals surface area contributed by atoms with E-state index < -0.39 is 12.6 Å². The van der Waals surface area contributed by atoms with Crippen LogP contribution in [-0.4, -0.2) is 31.1 Å². The molecular formula is C23H22N2O4. The zero-order valence-corrected chi connectivity index (χ0v) is 16.4. The predicted molar refractivity (Wildman–Crippen MR) is 109 cm³/mol. The minimum Gasteiger partial charge on any atom is -0.494 e. The van der Waals surface area contributed by atoms with Crippen LogP contribution in [0.25, 0.3) is 6.08 Å². The van der Waals surface area contributed by atoms with Gasteiger partial charge in [0.15, 0.2) is 6.61 Å². The number of anilines is 1. The van der Waals surface area contributed by atoms with Crippen molar-refractivity contribution in [1.82, 2.24) is 0 Å². The van der Waals surface area contributed by atoms with E-state index in [-0.39, 0.29) is 17.5 Å². The van der Waals surface area contributed by atoms with E-state index in [0.29, 0.717) is 17.9 Å². The maximum absolute atomic E-state index is 12.6. The molecular weight excluding hydrogens is 368 g/mol. The zero-order chi connectivity index (χ0) is 20.8. The molecule has 2 aromatic carbocycles. The van der Waals surface area contributed by atoms with Crippen LogP contribution in [0.1, 0.15) is 25.0 Å². The Morgan fingerprint density at radius 3 is 2.62 bits per heavy atom. The maximum atomic E-state index is 12.6. The second kappa shape index (κ2) is 9.07. The fourth-order valence-electron chi connectivity index (χ4n) is 3.35. The highest BCUT2D eigenvalue weighted by Crippen LogP contribution is 2.31. The number of para-hydroxylation sites is 1. The first kappa shape index (κ1) is 20.2. The van der Waals surface area contributed by atoms with Gasteiger partial charge in [0.25, 0.3) is 5.91 Å². The van der Waals surface area contributed by atoms with E-state index in [9.17, 15) is 14.9 Å². The molecule has 3 rings (SSSR count). The van der Waals surface area contributed by atoms with Crippen molar-refractivity contribution in [2.75, 3.05) is 18.1 Å². The summed E-state index contributed by atoms with van der Waals surface area (Å²) in [6.07, 6.45) is 2.19. The van der Waals surface area contributed by atoms with Gasteiger partial charge in [-0.25, -0.2) is 4.79 Å². The molecule has 0 N–H and O–H groups in total. The largest absolute Gasteiger partial charge is 0.494 e. The van der Waals surface area contributed by atoms with Gasteiger partial charge in [-0.1, -0.05) is 30.3 Å². The molecule has 0 saturated heterocycles. The highest BCUT2D eigenvalue weighted by molar-refractivity contribution is 6.01. The number of carbonyl (C=O) groups is 2. The zero-order valence-electron chi connectivity index (χ0n) is 16.4. The van der Waals surface area contributed by atoms with Crippen molar-refractivity contribution in [1.29, 1.82) is 5.26 Å². The number of fused-ring (bicyclic) bond motifs is 1. The molecule has 1 aliphatic rings. The van der Waals surface area contributed by atoms with Crippen LogP contribution in [-0.2, 0) is 20.7 Å². The van der Waals surface area contributed by atoms with E-state index >= 15 is 0 Å². The Morgan fingerprint density at radius 1 is 1.21 bits per heavy atom. The average Bonchev–Trinajstić information content (AvgIpc) is 3.07. The van der Waals surface area contributed by atoms with Crippen LogP contribution in [0, 0.1) is 11.3 Å². The molecule has 0 aliphatic carbocycles. The van der Waals surface area contributed by atoms with Crippen molar-refractivity contribution in [3.05, 3.63) is 65.2 Å². The molecule has 0 unspecified atom stereocenters. The smallest absolute Gasteiger partial charge is 0.349 e. The van der Waals surface area contributed by atoms with Crippen molar-refractivity contribution >= 4 is 23.6 Å². The SMILES string of the molecule is CCOc1ccc(/C=C(\C#N)C(=O)OCC(=O)N2c3ccccc3C[C@@H]2C)cc1. The molecule has 0 saturated carbocycles. The molecule has 6 heteroatoms. The summed E-state index contributed by atoms with van der Waals surface area (Å²) in [6.45, 7) is 3.98. The van der Waals surface area contributed by atoms with Crippen molar-refractivity contribution in [2.24, 2.45) is 0 Å². The number of ether oxygens (including phenoxy) is 2. The standard InChI is InChI=1S/C23H22N2O4/c1-3-28-20-10-8-17(9-11-20)13-19(14-24)23(27)29-15-22(26)25-16(2)12-18-6-4-5-7-21(18)25/h4-11,13,16H,3,12,15H2,1-2H3/b19-13+/t16-/m0/s1. The minimum atomic E-state index is -0.824. The first-order valence-corrected chi connectivity index (χ1v) is 9.45. The Bertz CT molecular complexity index is 973. The predicted octanol–water partition coefficient (Wildman–Crippen LogP) is 3.51. The van der Waals surface area contributed by atoms with Crippen LogP contribution in [0.3, 0.4) is 0 Å². The number of benzene rings is 2. The summed E-state index contributed by atoms with van der Waals surface area (Å²) in [5, 5.41) is 9.31. The third kappa shape index (κ3) is 4.64. The summed E-state index contributed by atoms with van der Waals surface area (Å²) in [4.78, 5) is 26.6. The monoisotopic (exact) mass is 390 g/mol. The van der Waals surface area contributed by atoms with Gasteiger partial charge in [-0.3, -0.25) is 4.79 Å². The fraction of sp³-hybridized carbons (Fsp3) is 0.261. The molecule has 1 amide bonds. The molecule has 0 aromatic heterocycles. The third-order valence-electron chi connectivity index (χ3n) is 4.65. The van der Waals surface area contributed by atoms with E-state index in [2.05, 4.69) is 0 Å². The molecule has 2 aromatic rings. The van der Waals surface area contributed by atoms with Gasteiger partial charge in [0.1, 0.15) is 17.4 Å². The number of carbonyl (C=O) groups excluding carboxylic acids is 2. The van der Waals surface area contributed by atoms with Gasteiger partial charge >= 0.3 is 5.97 Å². The molecule has 148 valence electrons. The van der Waals surface area contributed by atoms with E-state index in [1.54, 1.807) is 29.2 Å². The summed E-state index contributed by atoms with van der Waals surface area (Å²) in [7, 11) is 0. The van der Waals surface area contributed by atoms with Gasteiger partial charge < -0.3 is 14.4 Å². The van der Waals surface area contributed by atoms with Crippen molar-refractivity contribution < 1.29 is 19.1 Å².